The quantitative estimate of drug-likeness (QED) is 0.639. The van der Waals surface area contributed by atoms with E-state index < -0.39 is 10.0 Å². The summed E-state index contributed by atoms with van der Waals surface area (Å²) in [7, 11) is -3.71. The van der Waals surface area contributed by atoms with Crippen molar-refractivity contribution in [2.75, 3.05) is 0 Å². The number of aryl methyl sites for hydroxylation is 2. The molecular weight excluding hydrogens is 372 g/mol. The topological polar surface area (TPSA) is 76.1 Å². The Labute approximate surface area is 165 Å². The van der Waals surface area contributed by atoms with Crippen molar-refractivity contribution in [1.29, 1.82) is 0 Å². The van der Waals surface area contributed by atoms with Crippen LogP contribution in [0.3, 0.4) is 0 Å². The molecule has 2 heterocycles. The van der Waals surface area contributed by atoms with Crippen LogP contribution in [0, 0.1) is 13.8 Å². The first kappa shape index (κ1) is 18.7. The van der Waals surface area contributed by atoms with Crippen LogP contribution in [0.2, 0.25) is 0 Å². The molecule has 1 fully saturated rings. The second kappa shape index (κ2) is 7.41. The highest BCUT2D eigenvalue weighted by Crippen LogP contribution is 2.37. The molecule has 1 aliphatic carbocycles. The molecule has 4 rings (SSSR count). The van der Waals surface area contributed by atoms with Gasteiger partial charge in [-0.3, -0.25) is 4.98 Å². The minimum Gasteiger partial charge on any atom is -0.260 e. The minimum absolute atomic E-state index is 0.0250. The Kier molecular flexibility index (Phi) is 4.95. The van der Waals surface area contributed by atoms with Gasteiger partial charge in [0.2, 0.25) is 10.0 Å². The predicted molar refractivity (Wildman–Crippen MR) is 107 cm³/mol. The first-order valence-corrected chi connectivity index (χ1v) is 10.7. The van der Waals surface area contributed by atoms with Gasteiger partial charge < -0.3 is 0 Å². The number of aromatic nitrogens is 3. The summed E-state index contributed by atoms with van der Waals surface area (Å²) < 4.78 is 29.1. The standard InChI is InChI=1S/C21H22N4O2S/c1-15-11-20(17-8-10-23-24-13-17)21(12-16(15)2)28(26,27)25(19-6-7-19)14-18-5-3-4-9-22-18/h3-5,8-13,19H,6-7,14H2,1-2H3. The van der Waals surface area contributed by atoms with Crippen LogP contribution in [-0.2, 0) is 16.6 Å². The van der Waals surface area contributed by atoms with E-state index in [2.05, 4.69) is 15.2 Å². The summed E-state index contributed by atoms with van der Waals surface area (Å²) in [6.45, 7) is 4.19. The van der Waals surface area contributed by atoms with E-state index in [1.165, 1.54) is 0 Å². The lowest BCUT2D eigenvalue weighted by atomic mass is 10.0. The molecule has 1 aliphatic rings. The molecule has 2 aromatic heterocycles. The van der Waals surface area contributed by atoms with Gasteiger partial charge in [0.05, 0.1) is 29.5 Å². The molecule has 0 bridgehead atoms. The maximum Gasteiger partial charge on any atom is 0.244 e. The summed E-state index contributed by atoms with van der Waals surface area (Å²) in [6.07, 6.45) is 6.63. The van der Waals surface area contributed by atoms with Crippen molar-refractivity contribution in [3.8, 4) is 11.1 Å². The van der Waals surface area contributed by atoms with E-state index in [1.807, 2.05) is 38.1 Å². The third kappa shape index (κ3) is 3.68. The molecule has 0 aliphatic heterocycles. The average Bonchev–Trinajstić information content (AvgIpc) is 3.54. The maximum atomic E-state index is 13.7. The monoisotopic (exact) mass is 394 g/mol. The van der Waals surface area contributed by atoms with Crippen molar-refractivity contribution in [1.82, 2.24) is 19.5 Å². The lowest BCUT2D eigenvalue weighted by Crippen LogP contribution is -2.33. The van der Waals surface area contributed by atoms with Crippen molar-refractivity contribution >= 4 is 10.0 Å². The fourth-order valence-electron chi connectivity index (χ4n) is 3.23. The van der Waals surface area contributed by atoms with Gasteiger partial charge in [0.15, 0.2) is 0 Å². The van der Waals surface area contributed by atoms with E-state index in [4.69, 9.17) is 0 Å². The molecule has 7 heteroatoms. The summed E-state index contributed by atoms with van der Waals surface area (Å²) in [4.78, 5) is 4.64. The number of sulfonamides is 1. The second-order valence-electron chi connectivity index (χ2n) is 7.17. The average molecular weight is 395 g/mol. The molecule has 28 heavy (non-hydrogen) atoms. The van der Waals surface area contributed by atoms with Crippen molar-refractivity contribution in [2.24, 2.45) is 0 Å². The normalized spacial score (nSPS) is 14.4. The number of benzene rings is 1. The fourth-order valence-corrected chi connectivity index (χ4v) is 5.17. The first-order chi connectivity index (χ1) is 13.5. The van der Waals surface area contributed by atoms with Gasteiger partial charge in [-0.1, -0.05) is 6.07 Å². The Balaban J connectivity index is 1.83. The molecular formula is C21H22N4O2S. The molecule has 6 nitrogen and oxygen atoms in total. The molecule has 0 saturated heterocycles. The van der Waals surface area contributed by atoms with Crippen molar-refractivity contribution in [3.63, 3.8) is 0 Å². The van der Waals surface area contributed by atoms with Crippen molar-refractivity contribution < 1.29 is 8.42 Å². The number of rotatable bonds is 6. The predicted octanol–water partition coefficient (Wildman–Crippen LogP) is 3.51. The highest BCUT2D eigenvalue weighted by Gasteiger charge is 2.39. The zero-order valence-electron chi connectivity index (χ0n) is 15.9. The number of pyridine rings is 1. The van der Waals surface area contributed by atoms with E-state index in [9.17, 15) is 8.42 Å². The highest BCUT2D eigenvalue weighted by atomic mass is 32.2. The molecule has 144 valence electrons. The van der Waals surface area contributed by atoms with Crippen LogP contribution in [0.4, 0.5) is 0 Å². The van der Waals surface area contributed by atoms with Crippen LogP contribution in [-0.4, -0.2) is 33.9 Å². The smallest absolute Gasteiger partial charge is 0.244 e. The lowest BCUT2D eigenvalue weighted by molar-refractivity contribution is 0.394. The summed E-state index contributed by atoms with van der Waals surface area (Å²) in [5.74, 6) is 0. The number of nitrogens with zero attached hydrogens (tertiary/aromatic N) is 4. The lowest BCUT2D eigenvalue weighted by Gasteiger charge is -2.24. The Bertz CT molecular complexity index is 1080. The van der Waals surface area contributed by atoms with Gasteiger partial charge in [0, 0.05) is 23.4 Å². The SMILES string of the molecule is Cc1cc(-c2ccnnc2)c(S(=O)(=O)N(Cc2ccccn2)C2CC2)cc1C. The number of hydrogen-bond acceptors (Lipinski definition) is 5. The maximum absolute atomic E-state index is 13.7. The second-order valence-corrected chi connectivity index (χ2v) is 9.03. The van der Waals surface area contributed by atoms with Gasteiger partial charge in [0.25, 0.3) is 0 Å². The van der Waals surface area contributed by atoms with Crippen LogP contribution in [0.15, 0.2) is 59.9 Å². The summed E-state index contributed by atoms with van der Waals surface area (Å²) in [6, 6.07) is 11.1. The van der Waals surface area contributed by atoms with Crippen LogP contribution in [0.5, 0.6) is 0 Å². The minimum atomic E-state index is -3.71. The van der Waals surface area contributed by atoms with Crippen LogP contribution >= 0.6 is 0 Å². The van der Waals surface area contributed by atoms with E-state index in [0.29, 0.717) is 10.5 Å². The molecule has 0 spiro atoms. The van der Waals surface area contributed by atoms with E-state index in [0.717, 1.165) is 35.2 Å². The van der Waals surface area contributed by atoms with E-state index >= 15 is 0 Å². The van der Waals surface area contributed by atoms with Gasteiger partial charge in [-0.05, 0) is 68.1 Å². The highest BCUT2D eigenvalue weighted by molar-refractivity contribution is 7.89. The van der Waals surface area contributed by atoms with Gasteiger partial charge in [-0.2, -0.15) is 14.5 Å². The Morgan fingerprint density at radius 3 is 2.46 bits per heavy atom. The third-order valence-corrected chi connectivity index (χ3v) is 7.01. The number of hydrogen-bond donors (Lipinski definition) is 0. The molecule has 0 N–H and O–H groups in total. The Morgan fingerprint density at radius 2 is 1.82 bits per heavy atom. The Hall–Kier alpha value is -2.64. The zero-order valence-corrected chi connectivity index (χ0v) is 16.7. The van der Waals surface area contributed by atoms with Gasteiger partial charge in [-0.25, -0.2) is 8.42 Å². The van der Waals surface area contributed by atoms with Crippen molar-refractivity contribution in [2.45, 2.75) is 44.2 Å². The first-order valence-electron chi connectivity index (χ1n) is 9.27. The third-order valence-electron chi connectivity index (χ3n) is 5.08. The summed E-state index contributed by atoms with van der Waals surface area (Å²) >= 11 is 0. The molecule has 0 amide bonds. The van der Waals surface area contributed by atoms with Gasteiger partial charge >= 0.3 is 0 Å². The van der Waals surface area contributed by atoms with Crippen LogP contribution in [0.1, 0.15) is 29.7 Å². The van der Waals surface area contributed by atoms with Crippen molar-refractivity contribution in [3.05, 3.63) is 71.8 Å². The fraction of sp³-hybridized carbons (Fsp3) is 0.286. The zero-order chi connectivity index (χ0) is 19.7. The Morgan fingerprint density at radius 1 is 1.04 bits per heavy atom. The van der Waals surface area contributed by atoms with E-state index in [-0.39, 0.29) is 12.6 Å². The molecule has 0 atom stereocenters. The van der Waals surface area contributed by atoms with E-state index in [1.54, 1.807) is 35.0 Å². The largest absolute Gasteiger partial charge is 0.260 e. The molecule has 1 saturated carbocycles. The molecule has 0 unspecified atom stereocenters. The van der Waals surface area contributed by atoms with Gasteiger partial charge in [0.1, 0.15) is 0 Å². The van der Waals surface area contributed by atoms with Crippen LogP contribution < -0.4 is 0 Å². The summed E-state index contributed by atoms with van der Waals surface area (Å²) in [5, 5.41) is 7.74. The molecule has 0 radical (unpaired) electrons. The van der Waals surface area contributed by atoms with Crippen LogP contribution in [0.25, 0.3) is 11.1 Å². The molecule has 3 aromatic rings. The summed E-state index contributed by atoms with van der Waals surface area (Å²) in [5.41, 5.74) is 4.12. The molecule has 1 aromatic carbocycles. The van der Waals surface area contributed by atoms with Gasteiger partial charge in [-0.15, -0.1) is 0 Å².